The summed E-state index contributed by atoms with van der Waals surface area (Å²) in [6.07, 6.45) is -3.68. The van der Waals surface area contributed by atoms with Gasteiger partial charge < -0.3 is 5.11 Å². The second-order valence-electron chi connectivity index (χ2n) is 3.93. The highest BCUT2D eigenvalue weighted by Crippen LogP contribution is 2.32. The molecule has 1 aromatic carbocycles. The molecule has 110 valence electrons. The molecule has 0 radical (unpaired) electrons. The van der Waals surface area contributed by atoms with Crippen molar-refractivity contribution in [3.8, 4) is 0 Å². The molecule has 0 amide bonds. The van der Waals surface area contributed by atoms with Crippen LogP contribution < -0.4 is 0 Å². The average molecular weight is 334 g/mol. The highest BCUT2D eigenvalue weighted by Gasteiger charge is 2.30. The first-order valence-corrected chi connectivity index (χ1v) is 6.71. The molecule has 0 aliphatic carbocycles. The van der Waals surface area contributed by atoms with E-state index in [0.717, 1.165) is 24.0 Å². The minimum Gasteiger partial charge on any atom is -0.478 e. The second kappa shape index (κ2) is 5.95. The Balaban J connectivity index is 2.19. The number of hydrogen-bond donors (Lipinski definition) is 1. The van der Waals surface area contributed by atoms with E-state index in [1.165, 1.54) is 24.3 Å². The van der Waals surface area contributed by atoms with Gasteiger partial charge in [0.2, 0.25) is 0 Å². The Hall–Kier alpha value is -1.73. The predicted octanol–water partition coefficient (Wildman–Crippen LogP) is 4.60. The smallest absolute Gasteiger partial charge is 0.417 e. The number of carbonyl (C=O) groups is 1. The van der Waals surface area contributed by atoms with E-state index in [4.69, 9.17) is 16.7 Å². The highest BCUT2D eigenvalue weighted by atomic mass is 35.5. The maximum Gasteiger partial charge on any atom is 0.417 e. The van der Waals surface area contributed by atoms with Crippen LogP contribution in [0.4, 0.5) is 13.2 Å². The summed E-state index contributed by atoms with van der Waals surface area (Å²) in [5, 5.41) is 9.25. The maximum atomic E-state index is 12.4. The number of aromatic carboxylic acids is 1. The normalized spacial score (nSPS) is 11.4. The Morgan fingerprint density at radius 2 is 1.95 bits per heavy atom. The molecule has 0 bridgehead atoms. The summed E-state index contributed by atoms with van der Waals surface area (Å²) in [6.45, 7) is 0. The third-order valence-corrected chi connectivity index (χ3v) is 3.71. The number of carboxylic acids is 1. The lowest BCUT2D eigenvalue weighted by atomic mass is 10.2. The molecule has 0 spiro atoms. The Labute approximate surface area is 126 Å². The summed E-state index contributed by atoms with van der Waals surface area (Å²) in [7, 11) is 0. The van der Waals surface area contributed by atoms with E-state index in [0.29, 0.717) is 9.92 Å². The van der Waals surface area contributed by atoms with Gasteiger partial charge in [-0.3, -0.25) is 0 Å². The fourth-order valence-corrected chi connectivity index (χ4v) is 2.58. The molecule has 0 aliphatic rings. The van der Waals surface area contributed by atoms with Crippen molar-refractivity contribution in [3.63, 3.8) is 0 Å². The van der Waals surface area contributed by atoms with Crippen LogP contribution in [-0.2, 0) is 6.18 Å². The fraction of sp³-hybridized carbons (Fsp3) is 0.0769. The molecule has 1 heterocycles. The van der Waals surface area contributed by atoms with E-state index in [1.807, 2.05) is 0 Å². The third kappa shape index (κ3) is 3.89. The van der Waals surface area contributed by atoms with E-state index in [-0.39, 0.29) is 10.6 Å². The van der Waals surface area contributed by atoms with Crippen molar-refractivity contribution in [1.29, 1.82) is 0 Å². The number of alkyl halides is 3. The monoisotopic (exact) mass is 333 g/mol. The van der Waals surface area contributed by atoms with Crippen LogP contribution in [-0.4, -0.2) is 16.1 Å². The Morgan fingerprint density at radius 3 is 2.43 bits per heavy atom. The molecule has 3 nitrogen and oxygen atoms in total. The Bertz CT molecular complexity index is 674. The molecule has 21 heavy (non-hydrogen) atoms. The van der Waals surface area contributed by atoms with Crippen molar-refractivity contribution in [2.24, 2.45) is 0 Å². The van der Waals surface area contributed by atoms with Gasteiger partial charge >= 0.3 is 12.1 Å². The van der Waals surface area contributed by atoms with E-state index in [1.54, 1.807) is 0 Å². The van der Waals surface area contributed by atoms with Crippen molar-refractivity contribution >= 4 is 29.3 Å². The molecule has 0 aliphatic heterocycles. The summed E-state index contributed by atoms with van der Waals surface area (Å²) in [5.41, 5.74) is -0.868. The van der Waals surface area contributed by atoms with Gasteiger partial charge in [-0.05, 0) is 30.3 Å². The van der Waals surface area contributed by atoms with Crippen LogP contribution in [0.1, 0.15) is 15.9 Å². The van der Waals surface area contributed by atoms with Crippen molar-refractivity contribution in [3.05, 3.63) is 52.7 Å². The van der Waals surface area contributed by atoms with Crippen molar-refractivity contribution in [2.45, 2.75) is 16.1 Å². The molecule has 0 atom stereocenters. The topological polar surface area (TPSA) is 50.2 Å². The standard InChI is InChI=1S/C13H7ClF3NO2S/c14-10-5-8(2-3-9(10)12(19)20)21-11-4-1-7(6-18-11)13(15,16)17/h1-6H,(H,19,20). The predicted molar refractivity (Wildman–Crippen MR) is 71.8 cm³/mol. The van der Waals surface area contributed by atoms with Gasteiger partial charge in [-0.2, -0.15) is 13.2 Å². The first-order valence-electron chi connectivity index (χ1n) is 5.51. The van der Waals surface area contributed by atoms with Crippen molar-refractivity contribution < 1.29 is 23.1 Å². The van der Waals surface area contributed by atoms with Gasteiger partial charge in [-0.25, -0.2) is 9.78 Å². The minimum atomic E-state index is -4.43. The zero-order valence-corrected chi connectivity index (χ0v) is 11.8. The quantitative estimate of drug-likeness (QED) is 0.891. The molecule has 0 unspecified atom stereocenters. The number of benzene rings is 1. The van der Waals surface area contributed by atoms with Crippen LogP contribution in [0.3, 0.4) is 0 Å². The van der Waals surface area contributed by atoms with E-state index >= 15 is 0 Å². The third-order valence-electron chi connectivity index (χ3n) is 2.46. The van der Waals surface area contributed by atoms with Crippen LogP contribution in [0.5, 0.6) is 0 Å². The van der Waals surface area contributed by atoms with Gasteiger partial charge in [0, 0.05) is 11.1 Å². The summed E-state index contributed by atoms with van der Waals surface area (Å²) >= 11 is 6.90. The summed E-state index contributed by atoms with van der Waals surface area (Å²) < 4.78 is 37.2. The molecular formula is C13H7ClF3NO2S. The molecule has 8 heteroatoms. The molecule has 0 fully saturated rings. The van der Waals surface area contributed by atoms with E-state index in [9.17, 15) is 18.0 Å². The molecule has 0 saturated heterocycles. The molecule has 2 rings (SSSR count). The Morgan fingerprint density at radius 1 is 1.24 bits per heavy atom. The highest BCUT2D eigenvalue weighted by molar-refractivity contribution is 7.99. The van der Waals surface area contributed by atoms with Crippen LogP contribution in [0.15, 0.2) is 46.5 Å². The van der Waals surface area contributed by atoms with Gasteiger partial charge in [0.25, 0.3) is 0 Å². The van der Waals surface area contributed by atoms with E-state index in [2.05, 4.69) is 4.98 Å². The van der Waals surface area contributed by atoms with Gasteiger partial charge in [0.05, 0.1) is 16.1 Å². The number of rotatable bonds is 3. The second-order valence-corrected chi connectivity index (χ2v) is 5.43. The molecule has 2 aromatic rings. The van der Waals surface area contributed by atoms with Gasteiger partial charge in [-0.15, -0.1) is 0 Å². The Kier molecular flexibility index (Phi) is 4.43. The lowest BCUT2D eigenvalue weighted by Gasteiger charge is -2.07. The SMILES string of the molecule is O=C(O)c1ccc(Sc2ccc(C(F)(F)F)cn2)cc1Cl. The number of pyridine rings is 1. The summed E-state index contributed by atoms with van der Waals surface area (Å²) in [5.74, 6) is -1.15. The lowest BCUT2D eigenvalue weighted by Crippen LogP contribution is -2.05. The van der Waals surface area contributed by atoms with E-state index < -0.39 is 17.7 Å². The van der Waals surface area contributed by atoms with Crippen molar-refractivity contribution in [1.82, 2.24) is 4.98 Å². The lowest BCUT2D eigenvalue weighted by molar-refractivity contribution is -0.137. The number of nitrogens with zero attached hydrogens (tertiary/aromatic N) is 1. The largest absolute Gasteiger partial charge is 0.478 e. The molecule has 1 aromatic heterocycles. The van der Waals surface area contributed by atoms with Gasteiger partial charge in [-0.1, -0.05) is 23.4 Å². The van der Waals surface area contributed by atoms with Crippen molar-refractivity contribution in [2.75, 3.05) is 0 Å². The number of carboxylic acid groups (broad SMARTS) is 1. The maximum absolute atomic E-state index is 12.4. The first-order chi connectivity index (χ1) is 9.77. The average Bonchev–Trinajstić information content (AvgIpc) is 2.38. The van der Waals surface area contributed by atoms with Crippen LogP contribution in [0.2, 0.25) is 5.02 Å². The first kappa shape index (κ1) is 15.7. The fourth-order valence-electron chi connectivity index (χ4n) is 1.46. The van der Waals surface area contributed by atoms with Gasteiger partial charge in [0.1, 0.15) is 5.03 Å². The summed E-state index contributed by atoms with van der Waals surface area (Å²) in [6, 6.07) is 6.44. The zero-order chi connectivity index (χ0) is 15.6. The molecule has 0 saturated carbocycles. The zero-order valence-electron chi connectivity index (χ0n) is 10.2. The van der Waals surface area contributed by atoms with Crippen LogP contribution in [0.25, 0.3) is 0 Å². The number of hydrogen-bond acceptors (Lipinski definition) is 3. The van der Waals surface area contributed by atoms with Gasteiger partial charge in [0.15, 0.2) is 0 Å². The minimum absolute atomic E-state index is 0.0404. The number of halogens is 4. The summed E-state index contributed by atoms with van der Waals surface area (Å²) in [4.78, 5) is 15.1. The molecule has 1 N–H and O–H groups in total. The van der Waals surface area contributed by atoms with Crippen LogP contribution >= 0.6 is 23.4 Å². The van der Waals surface area contributed by atoms with Crippen LogP contribution in [0, 0.1) is 0 Å². The molecular weight excluding hydrogens is 327 g/mol. The number of aromatic nitrogens is 1.